The van der Waals surface area contributed by atoms with E-state index in [2.05, 4.69) is 0 Å². The zero-order valence-electron chi connectivity index (χ0n) is 11.4. The monoisotopic (exact) mass is 272 g/mol. The van der Waals surface area contributed by atoms with Gasteiger partial charge in [-0.1, -0.05) is 18.2 Å². The van der Waals surface area contributed by atoms with Gasteiger partial charge in [-0.2, -0.15) is 0 Å². The molecule has 0 radical (unpaired) electrons. The number of benzene rings is 2. The van der Waals surface area contributed by atoms with Gasteiger partial charge in [-0.3, -0.25) is 0 Å². The molecule has 0 saturated carbocycles. The molecule has 4 heteroatoms. The Labute approximate surface area is 117 Å². The van der Waals surface area contributed by atoms with E-state index >= 15 is 0 Å². The lowest BCUT2D eigenvalue weighted by atomic mass is 10.1. The van der Waals surface area contributed by atoms with Crippen LogP contribution in [0.15, 0.2) is 42.5 Å². The summed E-state index contributed by atoms with van der Waals surface area (Å²) in [5, 5.41) is 9.06. The Balaban J connectivity index is 2.06. The first-order valence-corrected chi connectivity index (χ1v) is 6.20. The van der Waals surface area contributed by atoms with Gasteiger partial charge in [0.1, 0.15) is 18.1 Å². The van der Waals surface area contributed by atoms with E-state index in [1.807, 2.05) is 24.3 Å². The second-order valence-electron chi connectivity index (χ2n) is 4.42. The van der Waals surface area contributed by atoms with Gasteiger partial charge in [0.25, 0.3) is 0 Å². The molecule has 2 aromatic carbocycles. The number of hydrogen-bond donors (Lipinski definition) is 1. The highest BCUT2D eigenvalue weighted by Crippen LogP contribution is 2.19. The Kier molecular flexibility index (Phi) is 4.25. The van der Waals surface area contributed by atoms with Crippen molar-refractivity contribution in [3.8, 4) is 11.5 Å². The van der Waals surface area contributed by atoms with Crippen LogP contribution in [0.4, 0.5) is 0 Å². The second-order valence-corrected chi connectivity index (χ2v) is 4.42. The summed E-state index contributed by atoms with van der Waals surface area (Å²) in [4.78, 5) is 11.0. The SMILES string of the molecule is COc1ccc(COc2ccc(C)c(C(=O)O)c2)cc1. The minimum absolute atomic E-state index is 0.261. The van der Waals surface area contributed by atoms with E-state index in [0.29, 0.717) is 17.9 Å². The fourth-order valence-corrected chi connectivity index (χ4v) is 1.81. The molecule has 0 fully saturated rings. The molecule has 0 aliphatic heterocycles. The maximum atomic E-state index is 11.0. The van der Waals surface area contributed by atoms with Crippen molar-refractivity contribution in [1.29, 1.82) is 0 Å². The van der Waals surface area contributed by atoms with Crippen molar-refractivity contribution in [2.24, 2.45) is 0 Å². The van der Waals surface area contributed by atoms with Crippen molar-refractivity contribution in [3.63, 3.8) is 0 Å². The summed E-state index contributed by atoms with van der Waals surface area (Å²) in [7, 11) is 1.62. The van der Waals surface area contributed by atoms with Gasteiger partial charge >= 0.3 is 5.97 Å². The summed E-state index contributed by atoms with van der Waals surface area (Å²) in [6, 6.07) is 12.6. The normalized spacial score (nSPS) is 10.1. The number of carboxylic acid groups (broad SMARTS) is 1. The highest BCUT2D eigenvalue weighted by molar-refractivity contribution is 5.89. The zero-order chi connectivity index (χ0) is 14.5. The Bertz CT molecular complexity index is 602. The standard InChI is InChI=1S/C16H16O4/c1-11-3-6-14(9-15(11)16(17)18)20-10-12-4-7-13(19-2)8-5-12/h3-9H,10H2,1-2H3,(H,17,18). The van der Waals surface area contributed by atoms with Crippen LogP contribution < -0.4 is 9.47 Å². The fourth-order valence-electron chi connectivity index (χ4n) is 1.81. The molecule has 0 atom stereocenters. The highest BCUT2D eigenvalue weighted by Gasteiger charge is 2.08. The summed E-state index contributed by atoms with van der Waals surface area (Å²) in [6.07, 6.45) is 0. The first kappa shape index (κ1) is 13.9. The Morgan fingerprint density at radius 3 is 2.35 bits per heavy atom. The number of aromatic carboxylic acids is 1. The quantitative estimate of drug-likeness (QED) is 0.907. The van der Waals surface area contributed by atoms with Crippen LogP contribution in [0.5, 0.6) is 11.5 Å². The summed E-state index contributed by atoms with van der Waals surface area (Å²) in [5.41, 5.74) is 1.97. The number of carbonyl (C=O) groups is 1. The maximum absolute atomic E-state index is 11.0. The molecular formula is C16H16O4. The third-order valence-corrected chi connectivity index (χ3v) is 3.00. The van der Waals surface area contributed by atoms with Crippen LogP contribution in [0, 0.1) is 6.92 Å². The number of methoxy groups -OCH3 is 1. The number of carboxylic acids is 1. The minimum atomic E-state index is -0.947. The summed E-state index contributed by atoms with van der Waals surface area (Å²) >= 11 is 0. The first-order chi connectivity index (χ1) is 9.60. The van der Waals surface area contributed by atoms with Crippen LogP contribution in [0.2, 0.25) is 0 Å². The smallest absolute Gasteiger partial charge is 0.336 e. The molecule has 2 aromatic rings. The van der Waals surface area contributed by atoms with Gasteiger partial charge in [0.2, 0.25) is 0 Å². The molecule has 0 aromatic heterocycles. The van der Waals surface area contributed by atoms with Crippen LogP contribution >= 0.6 is 0 Å². The van der Waals surface area contributed by atoms with E-state index in [0.717, 1.165) is 11.3 Å². The van der Waals surface area contributed by atoms with Crippen molar-refractivity contribution in [3.05, 3.63) is 59.2 Å². The molecular weight excluding hydrogens is 256 g/mol. The summed E-state index contributed by atoms with van der Waals surface area (Å²) in [6.45, 7) is 2.14. The van der Waals surface area contributed by atoms with Gasteiger partial charge in [0.05, 0.1) is 12.7 Å². The van der Waals surface area contributed by atoms with E-state index in [1.165, 1.54) is 0 Å². The van der Waals surface area contributed by atoms with E-state index in [9.17, 15) is 4.79 Å². The van der Waals surface area contributed by atoms with Crippen LogP contribution in [0.1, 0.15) is 21.5 Å². The number of aryl methyl sites for hydroxylation is 1. The number of rotatable bonds is 5. The average molecular weight is 272 g/mol. The average Bonchev–Trinajstić information content (AvgIpc) is 2.46. The number of hydrogen-bond acceptors (Lipinski definition) is 3. The van der Waals surface area contributed by atoms with Gasteiger partial charge < -0.3 is 14.6 Å². The van der Waals surface area contributed by atoms with E-state index in [-0.39, 0.29) is 5.56 Å². The Morgan fingerprint density at radius 1 is 1.10 bits per heavy atom. The maximum Gasteiger partial charge on any atom is 0.336 e. The molecule has 104 valence electrons. The van der Waals surface area contributed by atoms with Gasteiger partial charge in [0.15, 0.2) is 0 Å². The molecule has 2 rings (SSSR count). The zero-order valence-corrected chi connectivity index (χ0v) is 11.4. The Morgan fingerprint density at radius 2 is 1.75 bits per heavy atom. The van der Waals surface area contributed by atoms with E-state index in [4.69, 9.17) is 14.6 Å². The largest absolute Gasteiger partial charge is 0.497 e. The lowest BCUT2D eigenvalue weighted by Crippen LogP contribution is -2.01. The molecule has 1 N–H and O–H groups in total. The molecule has 0 aliphatic carbocycles. The summed E-state index contributed by atoms with van der Waals surface area (Å²) < 4.78 is 10.7. The lowest BCUT2D eigenvalue weighted by molar-refractivity contribution is 0.0695. The lowest BCUT2D eigenvalue weighted by Gasteiger charge is -2.09. The number of ether oxygens (including phenoxy) is 2. The van der Waals surface area contributed by atoms with Gasteiger partial charge in [0, 0.05) is 0 Å². The molecule has 0 bridgehead atoms. The van der Waals surface area contributed by atoms with Crippen molar-refractivity contribution in [1.82, 2.24) is 0 Å². The van der Waals surface area contributed by atoms with Crippen molar-refractivity contribution < 1.29 is 19.4 Å². The van der Waals surface area contributed by atoms with Gasteiger partial charge in [-0.15, -0.1) is 0 Å². The molecule has 0 heterocycles. The van der Waals surface area contributed by atoms with Crippen LogP contribution in [0.3, 0.4) is 0 Å². The highest BCUT2D eigenvalue weighted by atomic mass is 16.5. The molecule has 0 amide bonds. The first-order valence-electron chi connectivity index (χ1n) is 6.20. The second kappa shape index (κ2) is 6.10. The van der Waals surface area contributed by atoms with E-state index < -0.39 is 5.97 Å². The van der Waals surface area contributed by atoms with Crippen LogP contribution in [0.25, 0.3) is 0 Å². The van der Waals surface area contributed by atoms with Gasteiger partial charge in [-0.05, 0) is 42.3 Å². The molecule has 20 heavy (non-hydrogen) atoms. The third-order valence-electron chi connectivity index (χ3n) is 3.00. The van der Waals surface area contributed by atoms with Gasteiger partial charge in [-0.25, -0.2) is 4.79 Å². The van der Waals surface area contributed by atoms with Crippen LogP contribution in [-0.2, 0) is 6.61 Å². The topological polar surface area (TPSA) is 55.8 Å². The fraction of sp³-hybridized carbons (Fsp3) is 0.188. The predicted octanol–water partition coefficient (Wildman–Crippen LogP) is 3.28. The predicted molar refractivity (Wildman–Crippen MR) is 75.5 cm³/mol. The van der Waals surface area contributed by atoms with Crippen molar-refractivity contribution >= 4 is 5.97 Å². The van der Waals surface area contributed by atoms with Crippen molar-refractivity contribution in [2.45, 2.75) is 13.5 Å². The molecule has 0 saturated heterocycles. The molecule has 0 aliphatic rings. The van der Waals surface area contributed by atoms with E-state index in [1.54, 1.807) is 32.2 Å². The molecule has 4 nitrogen and oxygen atoms in total. The summed E-state index contributed by atoms with van der Waals surface area (Å²) in [5.74, 6) is 0.387. The third kappa shape index (κ3) is 3.29. The molecule has 0 unspecified atom stereocenters. The minimum Gasteiger partial charge on any atom is -0.497 e. The molecule has 0 spiro atoms. The van der Waals surface area contributed by atoms with Crippen LogP contribution in [-0.4, -0.2) is 18.2 Å². The Hall–Kier alpha value is -2.49. The van der Waals surface area contributed by atoms with Crippen molar-refractivity contribution in [2.75, 3.05) is 7.11 Å².